The van der Waals surface area contributed by atoms with Crippen LogP contribution in [0, 0.1) is 0 Å². The Morgan fingerprint density at radius 3 is 3.17 bits per heavy atom. The van der Waals surface area contributed by atoms with E-state index in [0.717, 1.165) is 19.3 Å². The van der Waals surface area contributed by atoms with Crippen LogP contribution >= 0.6 is 0 Å². The zero-order chi connectivity index (χ0) is 12.4. The molecule has 3 rings (SSSR count). The van der Waals surface area contributed by atoms with Crippen LogP contribution in [0.15, 0.2) is 31.1 Å². The van der Waals surface area contributed by atoms with Gasteiger partial charge in [0.15, 0.2) is 0 Å². The van der Waals surface area contributed by atoms with Crippen molar-refractivity contribution in [2.24, 2.45) is 0 Å². The summed E-state index contributed by atoms with van der Waals surface area (Å²) in [6, 6.07) is 0.477. The maximum absolute atomic E-state index is 12.0. The molecule has 1 amide bonds. The number of hydrogen-bond acceptors (Lipinski definition) is 3. The predicted octanol–water partition coefficient (Wildman–Crippen LogP) is 1.13. The second-order valence-corrected chi connectivity index (χ2v) is 4.58. The molecule has 2 atom stereocenters. The Morgan fingerprint density at radius 2 is 2.44 bits per heavy atom. The van der Waals surface area contributed by atoms with Crippen LogP contribution < -0.4 is 5.32 Å². The van der Waals surface area contributed by atoms with Crippen LogP contribution in [0.5, 0.6) is 0 Å². The van der Waals surface area contributed by atoms with E-state index in [1.54, 1.807) is 12.4 Å². The van der Waals surface area contributed by atoms with Gasteiger partial charge < -0.3 is 9.88 Å². The average Bonchev–Trinajstić information content (AvgIpc) is 3.11. The van der Waals surface area contributed by atoms with Crippen LogP contribution in [0.25, 0.3) is 0 Å². The Labute approximate surface area is 104 Å². The topological polar surface area (TPSA) is 75.6 Å². The summed E-state index contributed by atoms with van der Waals surface area (Å²) in [5, 5.41) is 9.51. The van der Waals surface area contributed by atoms with Gasteiger partial charge in [0.1, 0.15) is 0 Å². The second-order valence-electron chi connectivity index (χ2n) is 4.58. The molecule has 6 nitrogen and oxygen atoms in total. The first kappa shape index (κ1) is 11.0. The van der Waals surface area contributed by atoms with Crippen LogP contribution in [0.3, 0.4) is 0 Å². The Balaban J connectivity index is 1.70. The van der Waals surface area contributed by atoms with Gasteiger partial charge in [-0.05, 0) is 19.3 Å². The van der Waals surface area contributed by atoms with Gasteiger partial charge in [-0.1, -0.05) is 0 Å². The van der Waals surface area contributed by atoms with Crippen LogP contribution in [-0.2, 0) is 0 Å². The molecule has 1 saturated carbocycles. The van der Waals surface area contributed by atoms with E-state index in [4.69, 9.17) is 0 Å². The Hall–Kier alpha value is -2.11. The van der Waals surface area contributed by atoms with Crippen LogP contribution in [-0.4, -0.2) is 31.7 Å². The van der Waals surface area contributed by atoms with Gasteiger partial charge in [0.25, 0.3) is 5.91 Å². The number of carbonyl (C=O) groups is 1. The van der Waals surface area contributed by atoms with Gasteiger partial charge in [-0.15, -0.1) is 0 Å². The fourth-order valence-electron chi connectivity index (χ4n) is 2.56. The monoisotopic (exact) mass is 245 g/mol. The number of carbonyl (C=O) groups excluding carboxylic acids is 1. The largest absolute Gasteiger partial charge is 0.347 e. The molecule has 1 aliphatic carbocycles. The van der Waals surface area contributed by atoms with Crippen molar-refractivity contribution in [2.75, 3.05) is 0 Å². The average molecular weight is 245 g/mol. The number of nitrogens with one attached hydrogen (secondary N) is 2. The third-order valence-electron chi connectivity index (χ3n) is 3.46. The summed E-state index contributed by atoms with van der Waals surface area (Å²) < 4.78 is 2.08. The van der Waals surface area contributed by atoms with E-state index in [9.17, 15) is 4.79 Å². The van der Waals surface area contributed by atoms with Gasteiger partial charge in [-0.3, -0.25) is 9.89 Å². The predicted molar refractivity (Wildman–Crippen MR) is 65.0 cm³/mol. The van der Waals surface area contributed by atoms with E-state index in [1.165, 1.54) is 6.20 Å². The SMILES string of the molecule is O=C(NC1CCCC1n1ccnc1)c1cn[nH]c1. The maximum atomic E-state index is 12.0. The van der Waals surface area contributed by atoms with E-state index in [0.29, 0.717) is 11.6 Å². The first-order valence-corrected chi connectivity index (χ1v) is 6.11. The molecular formula is C12H15N5O. The van der Waals surface area contributed by atoms with Crippen molar-refractivity contribution < 1.29 is 4.79 Å². The summed E-state index contributed by atoms with van der Waals surface area (Å²) in [6.07, 6.45) is 11.9. The zero-order valence-corrected chi connectivity index (χ0v) is 9.91. The highest BCUT2D eigenvalue weighted by molar-refractivity contribution is 5.93. The lowest BCUT2D eigenvalue weighted by molar-refractivity contribution is 0.0929. The van der Waals surface area contributed by atoms with Crippen LogP contribution in [0.1, 0.15) is 35.7 Å². The number of imidazole rings is 1. The molecule has 2 heterocycles. The van der Waals surface area contributed by atoms with Crippen molar-refractivity contribution in [3.63, 3.8) is 0 Å². The summed E-state index contributed by atoms with van der Waals surface area (Å²) in [5.74, 6) is -0.0687. The lowest BCUT2D eigenvalue weighted by Crippen LogP contribution is -2.37. The van der Waals surface area contributed by atoms with E-state index in [1.807, 2.05) is 12.5 Å². The number of rotatable bonds is 3. The third-order valence-corrected chi connectivity index (χ3v) is 3.46. The van der Waals surface area contributed by atoms with Crippen LogP contribution in [0.4, 0.5) is 0 Å². The molecule has 2 N–H and O–H groups in total. The fourth-order valence-corrected chi connectivity index (χ4v) is 2.56. The lowest BCUT2D eigenvalue weighted by Gasteiger charge is -2.21. The maximum Gasteiger partial charge on any atom is 0.254 e. The highest BCUT2D eigenvalue weighted by atomic mass is 16.1. The Bertz CT molecular complexity index is 505. The van der Waals surface area contributed by atoms with Gasteiger partial charge in [-0.25, -0.2) is 4.98 Å². The molecular weight excluding hydrogens is 230 g/mol. The highest BCUT2D eigenvalue weighted by Gasteiger charge is 2.29. The quantitative estimate of drug-likeness (QED) is 0.851. The molecule has 2 aromatic heterocycles. The first-order valence-electron chi connectivity index (χ1n) is 6.11. The van der Waals surface area contributed by atoms with E-state index < -0.39 is 0 Å². The number of aromatic amines is 1. The van der Waals surface area contributed by atoms with E-state index in [2.05, 4.69) is 25.1 Å². The number of H-pyrrole nitrogens is 1. The van der Waals surface area contributed by atoms with E-state index in [-0.39, 0.29) is 11.9 Å². The molecule has 0 aliphatic heterocycles. The van der Waals surface area contributed by atoms with Crippen LogP contribution in [0.2, 0.25) is 0 Å². The van der Waals surface area contributed by atoms with Crippen molar-refractivity contribution >= 4 is 5.91 Å². The molecule has 2 unspecified atom stereocenters. The Kier molecular flexibility index (Phi) is 2.84. The molecule has 0 bridgehead atoms. The van der Waals surface area contributed by atoms with Gasteiger partial charge >= 0.3 is 0 Å². The molecule has 6 heteroatoms. The summed E-state index contributed by atoms with van der Waals surface area (Å²) >= 11 is 0. The first-order chi connectivity index (χ1) is 8.84. The molecule has 0 radical (unpaired) electrons. The minimum atomic E-state index is -0.0687. The van der Waals surface area contributed by atoms with Gasteiger partial charge in [-0.2, -0.15) is 5.10 Å². The molecule has 1 fully saturated rings. The minimum absolute atomic E-state index is 0.0687. The Morgan fingerprint density at radius 1 is 1.50 bits per heavy atom. The molecule has 1 aliphatic rings. The van der Waals surface area contributed by atoms with Crippen molar-refractivity contribution in [1.82, 2.24) is 25.1 Å². The summed E-state index contributed by atoms with van der Waals surface area (Å²) in [4.78, 5) is 16.0. The lowest BCUT2D eigenvalue weighted by atomic mass is 10.1. The van der Waals surface area contributed by atoms with Crippen molar-refractivity contribution in [2.45, 2.75) is 31.3 Å². The number of amides is 1. The summed E-state index contributed by atoms with van der Waals surface area (Å²) in [6.45, 7) is 0. The number of aromatic nitrogens is 4. The molecule has 18 heavy (non-hydrogen) atoms. The number of nitrogens with zero attached hydrogens (tertiary/aromatic N) is 3. The summed E-state index contributed by atoms with van der Waals surface area (Å²) in [5.41, 5.74) is 0.575. The van der Waals surface area contributed by atoms with Crippen molar-refractivity contribution in [3.8, 4) is 0 Å². The van der Waals surface area contributed by atoms with Gasteiger partial charge in [0.2, 0.25) is 0 Å². The summed E-state index contributed by atoms with van der Waals surface area (Å²) in [7, 11) is 0. The van der Waals surface area contributed by atoms with Crippen molar-refractivity contribution in [1.29, 1.82) is 0 Å². The normalized spacial score (nSPS) is 23.1. The van der Waals surface area contributed by atoms with Crippen molar-refractivity contribution in [3.05, 3.63) is 36.7 Å². The van der Waals surface area contributed by atoms with Gasteiger partial charge in [0.05, 0.1) is 24.1 Å². The zero-order valence-electron chi connectivity index (χ0n) is 9.91. The smallest absolute Gasteiger partial charge is 0.254 e. The molecule has 0 saturated heterocycles. The standard InChI is InChI=1S/C12H15N5O/c18-12(9-6-14-15-7-9)16-10-2-1-3-11(10)17-5-4-13-8-17/h4-8,10-11H,1-3H2,(H,14,15)(H,16,18). The minimum Gasteiger partial charge on any atom is -0.347 e. The van der Waals surface area contributed by atoms with Gasteiger partial charge in [0, 0.05) is 24.6 Å². The molecule has 0 spiro atoms. The number of hydrogen-bond donors (Lipinski definition) is 2. The fraction of sp³-hybridized carbons (Fsp3) is 0.417. The molecule has 94 valence electrons. The molecule has 0 aromatic carbocycles. The highest BCUT2D eigenvalue weighted by Crippen LogP contribution is 2.30. The third kappa shape index (κ3) is 2.01. The second kappa shape index (κ2) is 4.64. The molecule has 2 aromatic rings. The van der Waals surface area contributed by atoms with E-state index >= 15 is 0 Å².